The van der Waals surface area contributed by atoms with E-state index in [-0.39, 0.29) is 12.5 Å². The van der Waals surface area contributed by atoms with Gasteiger partial charge in [0, 0.05) is 27.3 Å². The maximum absolute atomic E-state index is 11.5. The Labute approximate surface area is 94.9 Å². The van der Waals surface area contributed by atoms with Crippen LogP contribution >= 0.6 is 0 Å². The van der Waals surface area contributed by atoms with E-state index in [1.165, 1.54) is 4.90 Å². The smallest absolute Gasteiger partial charge is 0.241 e. The fraction of sp³-hybridized carbons (Fsp3) is 0.364. The molecular weight excluding hydrogens is 204 g/mol. The minimum absolute atomic E-state index is 0.0183. The zero-order valence-corrected chi connectivity index (χ0v) is 9.64. The number of hydrogen-bond acceptors (Lipinski definition) is 4. The van der Waals surface area contributed by atoms with Gasteiger partial charge >= 0.3 is 0 Å². The summed E-state index contributed by atoms with van der Waals surface area (Å²) in [6.45, 7) is 0.230. The quantitative estimate of drug-likeness (QED) is 0.740. The molecule has 0 aliphatic rings. The first-order chi connectivity index (χ1) is 7.56. The zero-order chi connectivity index (χ0) is 12.1. The summed E-state index contributed by atoms with van der Waals surface area (Å²) in [4.78, 5) is 18.7. The zero-order valence-electron chi connectivity index (χ0n) is 9.64. The van der Waals surface area contributed by atoms with Crippen LogP contribution < -0.4 is 4.90 Å². The van der Waals surface area contributed by atoms with Gasteiger partial charge in [-0.3, -0.25) is 4.79 Å². The lowest BCUT2D eigenvalue weighted by Gasteiger charge is -2.21. The van der Waals surface area contributed by atoms with Crippen molar-refractivity contribution in [3.63, 3.8) is 0 Å². The molecule has 0 atom stereocenters. The van der Waals surface area contributed by atoms with Gasteiger partial charge in [0.2, 0.25) is 5.91 Å². The molecule has 0 aliphatic heterocycles. The van der Waals surface area contributed by atoms with Crippen molar-refractivity contribution in [2.24, 2.45) is 0 Å². The number of hydrogen-bond donors (Lipinski definition) is 0. The molecule has 0 radical (unpaired) electrons. The Bertz CT molecular complexity index is 422. The Morgan fingerprint density at radius 3 is 2.75 bits per heavy atom. The second kappa shape index (κ2) is 5.12. The Hall–Kier alpha value is -2.09. The number of rotatable bonds is 3. The van der Waals surface area contributed by atoms with Crippen molar-refractivity contribution >= 4 is 11.6 Å². The molecule has 5 nitrogen and oxygen atoms in total. The molecule has 1 heterocycles. The molecule has 1 amide bonds. The molecule has 1 rings (SSSR count). The van der Waals surface area contributed by atoms with Gasteiger partial charge in [0.1, 0.15) is 6.07 Å². The summed E-state index contributed by atoms with van der Waals surface area (Å²) in [7, 11) is 5.16. The van der Waals surface area contributed by atoms with Crippen molar-refractivity contribution in [2.45, 2.75) is 0 Å². The predicted octanol–water partition coefficient (Wildman–Crippen LogP) is 0.478. The van der Waals surface area contributed by atoms with Crippen LogP contribution in [0.1, 0.15) is 5.69 Å². The Kier molecular flexibility index (Phi) is 3.84. The third-order valence-electron chi connectivity index (χ3n) is 2.17. The number of amides is 1. The summed E-state index contributed by atoms with van der Waals surface area (Å²) in [6.07, 6.45) is 1.56. The number of nitriles is 1. The maximum Gasteiger partial charge on any atom is 0.241 e. The molecule has 0 aliphatic carbocycles. The molecule has 16 heavy (non-hydrogen) atoms. The second-order valence-corrected chi connectivity index (χ2v) is 3.63. The van der Waals surface area contributed by atoms with Crippen LogP contribution in [0.25, 0.3) is 0 Å². The van der Waals surface area contributed by atoms with Gasteiger partial charge in [0.15, 0.2) is 5.69 Å². The van der Waals surface area contributed by atoms with Crippen LogP contribution in [0.5, 0.6) is 0 Å². The summed E-state index contributed by atoms with van der Waals surface area (Å²) in [5.41, 5.74) is 0.997. The SMILES string of the molecule is CN(C)C(=O)CN(C)c1cccnc1C#N. The van der Waals surface area contributed by atoms with E-state index in [9.17, 15) is 4.79 Å². The van der Waals surface area contributed by atoms with Gasteiger partial charge in [0.25, 0.3) is 0 Å². The molecule has 0 aromatic carbocycles. The molecule has 84 valence electrons. The van der Waals surface area contributed by atoms with Gasteiger partial charge in [-0.15, -0.1) is 0 Å². The molecule has 0 saturated heterocycles. The third-order valence-corrected chi connectivity index (χ3v) is 2.17. The van der Waals surface area contributed by atoms with Crippen LogP contribution in [0, 0.1) is 11.3 Å². The largest absolute Gasteiger partial charge is 0.363 e. The van der Waals surface area contributed by atoms with Crippen molar-refractivity contribution in [2.75, 3.05) is 32.6 Å². The van der Waals surface area contributed by atoms with Crippen LogP contribution in [-0.4, -0.2) is 43.5 Å². The first-order valence-electron chi connectivity index (χ1n) is 4.82. The number of carbonyl (C=O) groups is 1. The van der Waals surface area contributed by atoms with Crippen molar-refractivity contribution in [1.82, 2.24) is 9.88 Å². The lowest BCUT2D eigenvalue weighted by molar-refractivity contribution is -0.127. The molecule has 1 aromatic heterocycles. The number of pyridine rings is 1. The highest BCUT2D eigenvalue weighted by Crippen LogP contribution is 2.15. The van der Waals surface area contributed by atoms with Crippen molar-refractivity contribution < 1.29 is 4.79 Å². The fourth-order valence-electron chi connectivity index (χ4n) is 1.22. The summed E-state index contributed by atoms with van der Waals surface area (Å²) in [6, 6.07) is 5.52. The van der Waals surface area contributed by atoms with Crippen LogP contribution in [0.2, 0.25) is 0 Å². The monoisotopic (exact) mass is 218 g/mol. The maximum atomic E-state index is 11.5. The van der Waals surface area contributed by atoms with Gasteiger partial charge in [-0.2, -0.15) is 5.26 Å². The first-order valence-corrected chi connectivity index (χ1v) is 4.82. The van der Waals surface area contributed by atoms with Crippen molar-refractivity contribution in [3.05, 3.63) is 24.0 Å². The van der Waals surface area contributed by atoms with E-state index in [1.54, 1.807) is 44.4 Å². The van der Waals surface area contributed by atoms with Gasteiger partial charge in [-0.25, -0.2) is 4.98 Å². The van der Waals surface area contributed by atoms with E-state index >= 15 is 0 Å². The topological polar surface area (TPSA) is 60.2 Å². The highest BCUT2D eigenvalue weighted by atomic mass is 16.2. The number of aromatic nitrogens is 1. The van der Waals surface area contributed by atoms with E-state index in [0.717, 1.165) is 0 Å². The molecule has 0 fully saturated rings. The number of anilines is 1. The molecule has 0 spiro atoms. The average molecular weight is 218 g/mol. The minimum Gasteiger partial charge on any atom is -0.363 e. The molecule has 0 bridgehead atoms. The predicted molar refractivity (Wildman–Crippen MR) is 60.9 cm³/mol. The van der Waals surface area contributed by atoms with Crippen LogP contribution in [0.3, 0.4) is 0 Å². The highest BCUT2D eigenvalue weighted by molar-refractivity contribution is 5.81. The third kappa shape index (κ3) is 2.70. The van der Waals surface area contributed by atoms with Gasteiger partial charge in [-0.05, 0) is 12.1 Å². The minimum atomic E-state index is -0.0183. The Balaban J connectivity index is 2.85. The number of carbonyl (C=O) groups excluding carboxylic acids is 1. The molecule has 0 unspecified atom stereocenters. The molecule has 1 aromatic rings. The van der Waals surface area contributed by atoms with E-state index in [4.69, 9.17) is 5.26 Å². The van der Waals surface area contributed by atoms with E-state index in [1.807, 2.05) is 6.07 Å². The normalized spacial score (nSPS) is 9.38. The Morgan fingerprint density at radius 2 is 2.19 bits per heavy atom. The number of nitrogens with zero attached hydrogens (tertiary/aromatic N) is 4. The molecule has 5 heteroatoms. The molecule has 0 saturated carbocycles. The van der Waals surface area contributed by atoms with Crippen LogP contribution in [0.15, 0.2) is 18.3 Å². The van der Waals surface area contributed by atoms with E-state index < -0.39 is 0 Å². The summed E-state index contributed by atoms with van der Waals surface area (Å²) >= 11 is 0. The standard InChI is InChI=1S/C11H14N4O/c1-14(2)11(16)8-15(3)10-5-4-6-13-9(10)7-12/h4-6H,8H2,1-3H3. The summed E-state index contributed by atoms with van der Waals surface area (Å²) in [5, 5.41) is 8.88. The van der Waals surface area contributed by atoms with E-state index in [2.05, 4.69) is 4.98 Å². The van der Waals surface area contributed by atoms with Gasteiger partial charge < -0.3 is 9.80 Å². The Morgan fingerprint density at radius 1 is 1.50 bits per heavy atom. The lowest BCUT2D eigenvalue weighted by atomic mass is 10.3. The molecule has 0 N–H and O–H groups in total. The van der Waals surface area contributed by atoms with Gasteiger partial charge in [-0.1, -0.05) is 0 Å². The van der Waals surface area contributed by atoms with Gasteiger partial charge in [0.05, 0.1) is 12.2 Å². The highest BCUT2D eigenvalue weighted by Gasteiger charge is 2.12. The average Bonchev–Trinajstić information content (AvgIpc) is 2.28. The van der Waals surface area contributed by atoms with Crippen molar-refractivity contribution in [3.8, 4) is 6.07 Å². The molecular formula is C11H14N4O. The van der Waals surface area contributed by atoms with Crippen LogP contribution in [-0.2, 0) is 4.79 Å². The fourth-order valence-corrected chi connectivity index (χ4v) is 1.22. The summed E-state index contributed by atoms with van der Waals surface area (Å²) in [5.74, 6) is -0.0183. The second-order valence-electron chi connectivity index (χ2n) is 3.63. The number of likely N-dealkylation sites (N-methyl/N-ethyl adjacent to an activating group) is 2. The van der Waals surface area contributed by atoms with Crippen LogP contribution in [0.4, 0.5) is 5.69 Å². The lowest BCUT2D eigenvalue weighted by Crippen LogP contribution is -2.34. The van der Waals surface area contributed by atoms with Crippen molar-refractivity contribution in [1.29, 1.82) is 5.26 Å². The summed E-state index contributed by atoms with van der Waals surface area (Å²) < 4.78 is 0. The van der Waals surface area contributed by atoms with E-state index in [0.29, 0.717) is 11.4 Å². The first kappa shape index (κ1) is 12.0.